The number of piperazine rings is 1. The van der Waals surface area contributed by atoms with Crippen LogP contribution in [0.3, 0.4) is 0 Å². The van der Waals surface area contributed by atoms with Crippen molar-refractivity contribution in [3.8, 4) is 5.75 Å². The van der Waals surface area contributed by atoms with Gasteiger partial charge in [-0.3, -0.25) is 9.59 Å². The summed E-state index contributed by atoms with van der Waals surface area (Å²) in [7, 11) is 1.65. The van der Waals surface area contributed by atoms with E-state index in [9.17, 15) is 9.59 Å². The molecule has 2 aliphatic rings. The Labute approximate surface area is 189 Å². The average Bonchev–Trinajstić information content (AvgIpc) is 3.10. The molecule has 1 aromatic heterocycles. The third-order valence-electron chi connectivity index (χ3n) is 6.39. The van der Waals surface area contributed by atoms with Gasteiger partial charge in [0.2, 0.25) is 5.43 Å². The van der Waals surface area contributed by atoms with Crippen molar-refractivity contribution in [1.29, 1.82) is 0 Å². The molecule has 3 heterocycles. The van der Waals surface area contributed by atoms with Gasteiger partial charge in [0.05, 0.1) is 12.6 Å². The number of carbonyl (C=O) groups is 1. The molecule has 0 unspecified atom stereocenters. The summed E-state index contributed by atoms with van der Waals surface area (Å²) in [5.41, 5.74) is 3.31. The van der Waals surface area contributed by atoms with Gasteiger partial charge >= 0.3 is 0 Å². The summed E-state index contributed by atoms with van der Waals surface area (Å²) in [6.07, 6.45) is 2.64. The fraction of sp³-hybridized carbons (Fsp3) is 0.333. The minimum Gasteiger partial charge on any atom is -0.497 e. The van der Waals surface area contributed by atoms with Crippen LogP contribution in [-0.2, 0) is 6.42 Å². The minimum absolute atomic E-state index is 0.175. The first-order valence-electron chi connectivity index (χ1n) is 10.5. The van der Waals surface area contributed by atoms with Gasteiger partial charge in [-0.15, -0.1) is 0 Å². The molecule has 0 aliphatic carbocycles. The van der Waals surface area contributed by atoms with Crippen LogP contribution in [0, 0.1) is 0 Å². The third kappa shape index (κ3) is 3.41. The quantitative estimate of drug-likeness (QED) is 0.569. The molecule has 5 rings (SSSR count). The lowest BCUT2D eigenvalue weighted by atomic mass is 10.1. The standard InChI is InChI=1S/C24H24BrN3O3/c1-15-11-16-12-17(25)13-20-22(16)28(15)14-21(23(20)29)24(30)27-9-7-26(8-10-27)18-3-5-19(31-2)6-4-18/h3-6,12-15H,7-11H2,1-2H3/t15-/m0/s1. The van der Waals surface area contributed by atoms with Crippen molar-refractivity contribution in [3.63, 3.8) is 0 Å². The highest BCUT2D eigenvalue weighted by Gasteiger charge is 2.28. The lowest BCUT2D eigenvalue weighted by molar-refractivity contribution is 0.0745. The highest BCUT2D eigenvalue weighted by atomic mass is 79.9. The highest BCUT2D eigenvalue weighted by Crippen LogP contribution is 2.33. The predicted molar refractivity (Wildman–Crippen MR) is 125 cm³/mol. The Morgan fingerprint density at radius 3 is 2.48 bits per heavy atom. The smallest absolute Gasteiger partial charge is 0.259 e. The largest absolute Gasteiger partial charge is 0.497 e. The van der Waals surface area contributed by atoms with E-state index in [4.69, 9.17) is 4.74 Å². The van der Waals surface area contributed by atoms with E-state index >= 15 is 0 Å². The maximum atomic E-state index is 13.3. The van der Waals surface area contributed by atoms with Crippen molar-refractivity contribution in [2.45, 2.75) is 19.4 Å². The number of hydrogen-bond acceptors (Lipinski definition) is 4. The molecule has 1 saturated heterocycles. The van der Waals surface area contributed by atoms with E-state index in [0.717, 1.165) is 46.5 Å². The molecule has 160 valence electrons. The van der Waals surface area contributed by atoms with Crippen molar-refractivity contribution in [3.05, 3.63) is 68.4 Å². The SMILES string of the molecule is COc1ccc(N2CCN(C(=O)c3cn4c5c(cc(Br)cc5c3=O)C[C@@H]4C)CC2)cc1. The Hall–Kier alpha value is -2.80. The third-order valence-corrected chi connectivity index (χ3v) is 6.85. The van der Waals surface area contributed by atoms with Gasteiger partial charge in [0.25, 0.3) is 5.91 Å². The van der Waals surface area contributed by atoms with E-state index in [1.54, 1.807) is 18.2 Å². The maximum Gasteiger partial charge on any atom is 0.259 e. The van der Waals surface area contributed by atoms with Crippen LogP contribution in [0.25, 0.3) is 10.9 Å². The first-order chi connectivity index (χ1) is 15.0. The van der Waals surface area contributed by atoms with Gasteiger partial charge in [-0.1, -0.05) is 15.9 Å². The van der Waals surface area contributed by atoms with Crippen LogP contribution >= 0.6 is 15.9 Å². The van der Waals surface area contributed by atoms with E-state index in [-0.39, 0.29) is 22.9 Å². The zero-order valence-corrected chi connectivity index (χ0v) is 19.2. The Balaban J connectivity index is 1.40. The molecule has 0 N–H and O–H groups in total. The fourth-order valence-electron chi connectivity index (χ4n) is 4.74. The molecule has 2 aliphatic heterocycles. The van der Waals surface area contributed by atoms with Gasteiger partial charge in [-0.2, -0.15) is 0 Å². The van der Waals surface area contributed by atoms with Gasteiger partial charge < -0.3 is 19.1 Å². The monoisotopic (exact) mass is 481 g/mol. The number of hydrogen-bond donors (Lipinski definition) is 0. The molecule has 7 heteroatoms. The topological polar surface area (TPSA) is 54.8 Å². The summed E-state index contributed by atoms with van der Waals surface area (Å²) in [6.45, 7) is 4.75. The van der Waals surface area contributed by atoms with Crippen molar-refractivity contribution >= 4 is 38.4 Å². The fourth-order valence-corrected chi connectivity index (χ4v) is 5.25. The molecule has 31 heavy (non-hydrogen) atoms. The molecule has 1 fully saturated rings. The Bertz CT molecular complexity index is 1230. The van der Waals surface area contributed by atoms with E-state index in [1.165, 1.54) is 0 Å². The van der Waals surface area contributed by atoms with Crippen LogP contribution in [0.2, 0.25) is 0 Å². The summed E-state index contributed by atoms with van der Waals surface area (Å²) in [6, 6.07) is 12.1. The Morgan fingerprint density at radius 2 is 1.81 bits per heavy atom. The van der Waals surface area contributed by atoms with Crippen molar-refractivity contribution in [2.75, 3.05) is 38.2 Å². The number of ether oxygens (including phenoxy) is 1. The van der Waals surface area contributed by atoms with Crippen LogP contribution < -0.4 is 15.1 Å². The predicted octanol–water partition coefficient (Wildman–Crippen LogP) is 3.85. The normalized spacial score (nSPS) is 18.0. The van der Waals surface area contributed by atoms with Crippen molar-refractivity contribution in [2.24, 2.45) is 0 Å². The van der Waals surface area contributed by atoms with Gasteiger partial charge in [-0.25, -0.2) is 0 Å². The molecule has 1 amide bonds. The number of rotatable bonds is 3. The lowest BCUT2D eigenvalue weighted by Crippen LogP contribution is -2.49. The van der Waals surface area contributed by atoms with Gasteiger partial charge in [0, 0.05) is 54.0 Å². The molecule has 0 bridgehead atoms. The summed E-state index contributed by atoms with van der Waals surface area (Å²) >= 11 is 3.52. The second-order valence-electron chi connectivity index (χ2n) is 8.27. The second-order valence-corrected chi connectivity index (χ2v) is 9.19. The summed E-state index contributed by atoms with van der Waals surface area (Å²) in [4.78, 5) is 30.6. The molecular weight excluding hydrogens is 458 g/mol. The molecule has 6 nitrogen and oxygen atoms in total. The first-order valence-corrected chi connectivity index (χ1v) is 11.3. The van der Waals surface area contributed by atoms with Crippen LogP contribution in [0.4, 0.5) is 5.69 Å². The molecule has 0 radical (unpaired) electrons. The number of pyridine rings is 1. The zero-order chi connectivity index (χ0) is 21.7. The number of benzene rings is 2. The zero-order valence-electron chi connectivity index (χ0n) is 17.6. The molecule has 0 spiro atoms. The van der Waals surface area contributed by atoms with Crippen LogP contribution in [0.15, 0.2) is 51.9 Å². The van der Waals surface area contributed by atoms with Gasteiger partial charge in [0.15, 0.2) is 0 Å². The van der Waals surface area contributed by atoms with Gasteiger partial charge in [0.1, 0.15) is 11.3 Å². The van der Waals surface area contributed by atoms with Crippen molar-refractivity contribution < 1.29 is 9.53 Å². The molecule has 0 saturated carbocycles. The lowest BCUT2D eigenvalue weighted by Gasteiger charge is -2.36. The number of nitrogens with zero attached hydrogens (tertiary/aromatic N) is 3. The number of anilines is 1. The summed E-state index contributed by atoms with van der Waals surface area (Å²) in [5.74, 6) is 0.650. The van der Waals surface area contributed by atoms with E-state index in [1.807, 2.05) is 30.3 Å². The average molecular weight is 482 g/mol. The number of aromatic nitrogens is 1. The molecule has 3 aromatic rings. The van der Waals surface area contributed by atoms with Gasteiger partial charge in [-0.05, 0) is 55.3 Å². The number of carbonyl (C=O) groups excluding carboxylic acids is 1. The minimum atomic E-state index is -0.175. The molecule has 2 aromatic carbocycles. The molecular formula is C24H24BrN3O3. The van der Waals surface area contributed by atoms with Crippen LogP contribution in [0.5, 0.6) is 5.75 Å². The van der Waals surface area contributed by atoms with E-state index in [2.05, 4.69) is 38.4 Å². The number of halogens is 1. The van der Waals surface area contributed by atoms with E-state index < -0.39 is 0 Å². The number of amides is 1. The van der Waals surface area contributed by atoms with Crippen LogP contribution in [-0.4, -0.2) is 48.7 Å². The van der Waals surface area contributed by atoms with E-state index in [0.29, 0.717) is 18.5 Å². The molecule has 1 atom stereocenters. The highest BCUT2D eigenvalue weighted by molar-refractivity contribution is 9.10. The summed E-state index contributed by atoms with van der Waals surface area (Å²) < 4.78 is 8.20. The number of methoxy groups -OCH3 is 1. The van der Waals surface area contributed by atoms with Crippen molar-refractivity contribution in [1.82, 2.24) is 9.47 Å². The Kier molecular flexibility index (Phi) is 5.01. The first kappa shape index (κ1) is 20.1. The Morgan fingerprint density at radius 1 is 1.10 bits per heavy atom. The maximum absolute atomic E-state index is 13.3. The van der Waals surface area contributed by atoms with Crippen LogP contribution in [0.1, 0.15) is 28.9 Å². The second kappa shape index (κ2) is 7.71. The summed E-state index contributed by atoms with van der Waals surface area (Å²) in [5, 5.41) is 0.622.